The van der Waals surface area contributed by atoms with Crippen molar-refractivity contribution in [3.05, 3.63) is 35.9 Å². The highest BCUT2D eigenvalue weighted by molar-refractivity contribution is 5.82. The van der Waals surface area contributed by atoms with Gasteiger partial charge in [0.25, 0.3) is 0 Å². The highest BCUT2D eigenvalue weighted by atomic mass is 16.5. The Morgan fingerprint density at radius 1 is 1.33 bits per heavy atom. The van der Waals surface area contributed by atoms with Crippen LogP contribution in [0.25, 0.3) is 0 Å². The Kier molecular flexibility index (Phi) is 5.76. The normalized spacial score (nSPS) is 18.4. The number of benzene rings is 1. The largest absolute Gasteiger partial charge is 0.385 e. The first-order valence-electron chi connectivity index (χ1n) is 7.74. The van der Waals surface area contributed by atoms with E-state index in [4.69, 9.17) is 10.5 Å². The Balaban J connectivity index is 1.90. The van der Waals surface area contributed by atoms with E-state index in [-0.39, 0.29) is 11.3 Å². The first-order valence-corrected chi connectivity index (χ1v) is 7.74. The number of carbonyl (C=O) groups is 1. The first-order chi connectivity index (χ1) is 10.2. The molecule has 1 amide bonds. The van der Waals surface area contributed by atoms with Crippen LogP contribution in [0.3, 0.4) is 0 Å². The number of hydrogen-bond donors (Lipinski definition) is 2. The van der Waals surface area contributed by atoms with Crippen molar-refractivity contribution in [2.75, 3.05) is 20.3 Å². The average molecular weight is 290 g/mol. The Bertz CT molecular complexity index is 441. The molecule has 0 heterocycles. The van der Waals surface area contributed by atoms with Crippen molar-refractivity contribution in [1.82, 2.24) is 5.32 Å². The molecule has 1 aliphatic carbocycles. The summed E-state index contributed by atoms with van der Waals surface area (Å²) in [4.78, 5) is 12.2. The summed E-state index contributed by atoms with van der Waals surface area (Å²) in [5, 5.41) is 3.05. The molecule has 1 atom stereocenters. The van der Waals surface area contributed by atoms with Crippen molar-refractivity contribution in [3.63, 3.8) is 0 Å². The molecule has 4 heteroatoms. The second-order valence-corrected chi connectivity index (χ2v) is 6.06. The van der Waals surface area contributed by atoms with Crippen molar-refractivity contribution in [2.45, 2.75) is 38.1 Å². The molecule has 116 valence electrons. The van der Waals surface area contributed by atoms with Gasteiger partial charge in [-0.1, -0.05) is 43.2 Å². The van der Waals surface area contributed by atoms with Gasteiger partial charge in [0.2, 0.25) is 5.91 Å². The van der Waals surface area contributed by atoms with Crippen LogP contribution in [0.1, 0.15) is 43.7 Å². The predicted molar refractivity (Wildman–Crippen MR) is 83.8 cm³/mol. The minimum absolute atomic E-state index is 0.0927. The van der Waals surface area contributed by atoms with Gasteiger partial charge in [-0.3, -0.25) is 4.79 Å². The van der Waals surface area contributed by atoms with E-state index in [1.54, 1.807) is 7.11 Å². The minimum atomic E-state index is -0.591. The SMILES string of the molecule is COCCC1(CNC(=O)C(N)c2ccccc2)CCCC1. The summed E-state index contributed by atoms with van der Waals surface area (Å²) < 4.78 is 5.21. The summed E-state index contributed by atoms with van der Waals surface area (Å²) in [6.45, 7) is 1.45. The Labute approximate surface area is 127 Å². The van der Waals surface area contributed by atoms with Crippen molar-refractivity contribution in [3.8, 4) is 0 Å². The molecular weight excluding hydrogens is 264 g/mol. The number of rotatable bonds is 7. The summed E-state index contributed by atoms with van der Waals surface area (Å²) in [7, 11) is 1.73. The Morgan fingerprint density at radius 2 is 2.00 bits per heavy atom. The van der Waals surface area contributed by atoms with Crippen LogP contribution in [0.5, 0.6) is 0 Å². The molecule has 0 spiro atoms. The Morgan fingerprint density at radius 3 is 2.62 bits per heavy atom. The molecule has 1 fully saturated rings. The van der Waals surface area contributed by atoms with E-state index >= 15 is 0 Å². The van der Waals surface area contributed by atoms with Gasteiger partial charge in [-0.05, 0) is 30.2 Å². The van der Waals surface area contributed by atoms with Crippen LogP contribution in [0.2, 0.25) is 0 Å². The zero-order chi connectivity index (χ0) is 15.1. The molecule has 0 saturated heterocycles. The topological polar surface area (TPSA) is 64.3 Å². The van der Waals surface area contributed by atoms with Crippen LogP contribution in [0, 0.1) is 5.41 Å². The summed E-state index contributed by atoms with van der Waals surface area (Å²) >= 11 is 0. The lowest BCUT2D eigenvalue weighted by molar-refractivity contribution is -0.123. The zero-order valence-electron chi connectivity index (χ0n) is 12.8. The summed E-state index contributed by atoms with van der Waals surface area (Å²) in [5.41, 5.74) is 7.08. The predicted octanol–water partition coefficient (Wildman–Crippen LogP) is 2.40. The van der Waals surface area contributed by atoms with Crippen LogP contribution < -0.4 is 11.1 Å². The van der Waals surface area contributed by atoms with Gasteiger partial charge < -0.3 is 15.8 Å². The summed E-state index contributed by atoms with van der Waals surface area (Å²) in [6, 6.07) is 8.92. The molecule has 0 radical (unpaired) electrons. The fourth-order valence-corrected chi connectivity index (χ4v) is 3.16. The number of ether oxygens (including phenoxy) is 1. The van der Waals surface area contributed by atoms with E-state index in [1.807, 2.05) is 30.3 Å². The first kappa shape index (κ1) is 16.0. The Hall–Kier alpha value is -1.39. The van der Waals surface area contributed by atoms with Crippen molar-refractivity contribution < 1.29 is 9.53 Å². The summed E-state index contributed by atoms with van der Waals surface area (Å²) in [6.07, 6.45) is 5.81. The van der Waals surface area contributed by atoms with Crippen LogP contribution in [0.15, 0.2) is 30.3 Å². The molecule has 0 aliphatic heterocycles. The molecule has 21 heavy (non-hydrogen) atoms. The number of nitrogens with one attached hydrogen (secondary N) is 1. The number of carbonyl (C=O) groups excluding carboxylic acids is 1. The fourth-order valence-electron chi connectivity index (χ4n) is 3.16. The molecule has 0 bridgehead atoms. The fraction of sp³-hybridized carbons (Fsp3) is 0.588. The average Bonchev–Trinajstić information content (AvgIpc) is 3.00. The number of methoxy groups -OCH3 is 1. The quantitative estimate of drug-likeness (QED) is 0.810. The third-order valence-electron chi connectivity index (χ3n) is 4.58. The third-order valence-corrected chi connectivity index (χ3v) is 4.58. The molecule has 1 aromatic rings. The maximum atomic E-state index is 12.2. The van der Waals surface area contributed by atoms with Gasteiger partial charge in [0.1, 0.15) is 6.04 Å². The van der Waals surface area contributed by atoms with Crippen LogP contribution >= 0.6 is 0 Å². The van der Waals surface area contributed by atoms with E-state index in [0.717, 1.165) is 31.4 Å². The maximum Gasteiger partial charge on any atom is 0.241 e. The highest BCUT2D eigenvalue weighted by Gasteiger charge is 2.34. The zero-order valence-corrected chi connectivity index (χ0v) is 12.8. The van der Waals surface area contributed by atoms with Gasteiger partial charge >= 0.3 is 0 Å². The number of nitrogens with two attached hydrogens (primary N) is 1. The highest BCUT2D eigenvalue weighted by Crippen LogP contribution is 2.40. The third kappa shape index (κ3) is 4.29. The van der Waals surface area contributed by atoms with Gasteiger partial charge in [0, 0.05) is 20.3 Å². The molecular formula is C17H26N2O2. The van der Waals surface area contributed by atoms with Crippen molar-refractivity contribution in [1.29, 1.82) is 0 Å². The second kappa shape index (κ2) is 7.57. The van der Waals surface area contributed by atoms with E-state index < -0.39 is 6.04 Å². The lowest BCUT2D eigenvalue weighted by atomic mass is 9.83. The smallest absolute Gasteiger partial charge is 0.241 e. The van der Waals surface area contributed by atoms with E-state index in [2.05, 4.69) is 5.32 Å². The van der Waals surface area contributed by atoms with Gasteiger partial charge in [0.15, 0.2) is 0 Å². The maximum absolute atomic E-state index is 12.2. The second-order valence-electron chi connectivity index (χ2n) is 6.06. The molecule has 2 rings (SSSR count). The van der Waals surface area contributed by atoms with Crippen molar-refractivity contribution in [2.24, 2.45) is 11.1 Å². The molecule has 4 nitrogen and oxygen atoms in total. The standard InChI is InChI=1S/C17H26N2O2/c1-21-12-11-17(9-5-6-10-17)13-19-16(20)15(18)14-7-3-2-4-8-14/h2-4,7-8,15H,5-6,9-13,18H2,1H3,(H,19,20). The van der Waals surface area contributed by atoms with E-state index in [0.29, 0.717) is 6.54 Å². The van der Waals surface area contributed by atoms with Gasteiger partial charge in [-0.2, -0.15) is 0 Å². The lowest BCUT2D eigenvalue weighted by Gasteiger charge is -2.29. The van der Waals surface area contributed by atoms with E-state index in [9.17, 15) is 4.79 Å². The summed E-state index contributed by atoms with van der Waals surface area (Å²) in [5.74, 6) is -0.0927. The van der Waals surface area contributed by atoms with Crippen LogP contribution in [-0.4, -0.2) is 26.2 Å². The van der Waals surface area contributed by atoms with E-state index in [1.165, 1.54) is 12.8 Å². The van der Waals surface area contributed by atoms with Gasteiger partial charge in [0.05, 0.1) is 0 Å². The molecule has 3 N–H and O–H groups in total. The minimum Gasteiger partial charge on any atom is -0.385 e. The molecule has 1 aliphatic rings. The van der Waals surface area contributed by atoms with Gasteiger partial charge in [-0.15, -0.1) is 0 Å². The number of amides is 1. The molecule has 1 saturated carbocycles. The van der Waals surface area contributed by atoms with Crippen molar-refractivity contribution >= 4 is 5.91 Å². The monoisotopic (exact) mass is 290 g/mol. The number of hydrogen-bond acceptors (Lipinski definition) is 3. The molecule has 0 aromatic heterocycles. The van der Waals surface area contributed by atoms with Crippen LogP contribution in [0.4, 0.5) is 0 Å². The molecule has 1 aromatic carbocycles. The van der Waals surface area contributed by atoms with Crippen LogP contribution in [-0.2, 0) is 9.53 Å². The van der Waals surface area contributed by atoms with Gasteiger partial charge in [-0.25, -0.2) is 0 Å². The molecule has 1 unspecified atom stereocenters. The lowest BCUT2D eigenvalue weighted by Crippen LogP contribution is -2.41.